The van der Waals surface area contributed by atoms with Gasteiger partial charge in [-0.1, -0.05) is 0 Å². The zero-order valence-corrected chi connectivity index (χ0v) is 12.5. The lowest BCUT2D eigenvalue weighted by atomic mass is 10.3. The number of nitrogens with one attached hydrogen (secondary N) is 1. The van der Waals surface area contributed by atoms with Gasteiger partial charge in [0.2, 0.25) is 10.0 Å². The summed E-state index contributed by atoms with van der Waals surface area (Å²) in [5.74, 6) is -0.215. The molecule has 110 valence electrons. The second-order valence-electron chi connectivity index (χ2n) is 4.26. The van der Waals surface area contributed by atoms with Crippen molar-refractivity contribution >= 4 is 38.4 Å². The van der Waals surface area contributed by atoms with Crippen LogP contribution in [0.5, 0.6) is 0 Å². The number of hydrogen-bond donors (Lipinski definition) is 1. The van der Waals surface area contributed by atoms with E-state index >= 15 is 0 Å². The van der Waals surface area contributed by atoms with Crippen LogP contribution in [0.1, 0.15) is 13.3 Å². The largest absolute Gasteiger partial charge is 0.419 e. The third-order valence-electron chi connectivity index (χ3n) is 2.80. The molecule has 0 spiro atoms. The van der Waals surface area contributed by atoms with Crippen LogP contribution < -0.4 is 10.5 Å². The molecule has 0 aliphatic carbocycles. The highest BCUT2D eigenvalue weighted by atomic mass is 35.5. The number of benzene rings is 1. The van der Waals surface area contributed by atoms with Gasteiger partial charge in [-0.25, -0.2) is 13.2 Å². The van der Waals surface area contributed by atoms with E-state index in [9.17, 15) is 13.2 Å². The summed E-state index contributed by atoms with van der Waals surface area (Å²) >= 11 is 5.48. The molecule has 0 amide bonds. The fourth-order valence-corrected chi connectivity index (χ4v) is 3.31. The van der Waals surface area contributed by atoms with E-state index < -0.39 is 15.8 Å². The number of halogens is 1. The predicted octanol–water partition coefficient (Wildman–Crippen LogP) is 1.98. The summed E-state index contributed by atoms with van der Waals surface area (Å²) in [6, 6.07) is 4.76. The van der Waals surface area contributed by atoms with E-state index in [4.69, 9.17) is 16.0 Å². The van der Waals surface area contributed by atoms with Gasteiger partial charge in [-0.2, -0.15) is 0 Å². The Labute approximate surface area is 121 Å². The van der Waals surface area contributed by atoms with Gasteiger partial charge in [-0.05, 0) is 25.5 Å². The molecule has 0 aliphatic rings. The van der Waals surface area contributed by atoms with Crippen molar-refractivity contribution < 1.29 is 12.8 Å². The molecule has 2 aromatic rings. The van der Waals surface area contributed by atoms with Crippen molar-refractivity contribution in [3.63, 3.8) is 0 Å². The molecule has 1 aromatic heterocycles. The average Bonchev–Trinajstić information content (AvgIpc) is 2.70. The third kappa shape index (κ3) is 3.16. The number of aromatic nitrogens is 1. The molecule has 0 unspecified atom stereocenters. The number of fused-ring (bicyclic) bond motifs is 1. The molecule has 20 heavy (non-hydrogen) atoms. The lowest BCUT2D eigenvalue weighted by Gasteiger charge is -2.07. The first kappa shape index (κ1) is 14.9. The van der Waals surface area contributed by atoms with Crippen LogP contribution in [0.15, 0.2) is 27.4 Å². The Morgan fingerprint density at radius 3 is 2.80 bits per heavy atom. The molecular weight excluding hydrogens is 304 g/mol. The number of alkyl halides is 1. The van der Waals surface area contributed by atoms with E-state index in [1.807, 2.05) is 6.92 Å². The molecule has 2 rings (SSSR count). The van der Waals surface area contributed by atoms with Gasteiger partial charge in [-0.3, -0.25) is 9.29 Å². The molecule has 0 atom stereocenters. The monoisotopic (exact) mass is 318 g/mol. The molecule has 0 fully saturated rings. The van der Waals surface area contributed by atoms with Crippen LogP contribution >= 0.6 is 11.6 Å². The molecule has 1 aromatic carbocycles. The molecule has 1 heterocycles. The molecule has 0 radical (unpaired) electrons. The van der Waals surface area contributed by atoms with Crippen molar-refractivity contribution in [2.75, 3.05) is 16.4 Å². The van der Waals surface area contributed by atoms with Crippen LogP contribution in [0, 0.1) is 0 Å². The SMILES string of the molecule is CCn1c(=O)oc2cc(NS(=O)(=O)CCCCl)ccc21. The predicted molar refractivity (Wildman–Crippen MR) is 78.9 cm³/mol. The summed E-state index contributed by atoms with van der Waals surface area (Å²) in [7, 11) is -3.44. The molecule has 0 saturated heterocycles. The molecule has 0 aliphatic heterocycles. The molecule has 6 nitrogen and oxygen atoms in total. The topological polar surface area (TPSA) is 81.3 Å². The highest BCUT2D eigenvalue weighted by molar-refractivity contribution is 7.92. The summed E-state index contributed by atoms with van der Waals surface area (Å²) < 4.78 is 32.5. The van der Waals surface area contributed by atoms with Crippen LogP contribution in [-0.4, -0.2) is 24.6 Å². The van der Waals surface area contributed by atoms with Crippen molar-refractivity contribution in [3.8, 4) is 0 Å². The maximum absolute atomic E-state index is 11.8. The summed E-state index contributed by atoms with van der Waals surface area (Å²) in [6.07, 6.45) is 0.375. The molecular formula is C12H15ClN2O4S. The second-order valence-corrected chi connectivity index (χ2v) is 6.48. The molecule has 0 saturated carbocycles. The van der Waals surface area contributed by atoms with Gasteiger partial charge in [0.1, 0.15) is 0 Å². The number of oxazole rings is 1. The number of rotatable bonds is 6. The molecule has 0 bridgehead atoms. The number of nitrogens with zero attached hydrogens (tertiary/aromatic N) is 1. The normalized spacial score (nSPS) is 11.9. The summed E-state index contributed by atoms with van der Waals surface area (Å²) in [4.78, 5) is 11.6. The fraction of sp³-hybridized carbons (Fsp3) is 0.417. The Morgan fingerprint density at radius 1 is 1.40 bits per heavy atom. The first-order valence-electron chi connectivity index (χ1n) is 6.16. The van der Waals surface area contributed by atoms with Gasteiger partial charge in [0.15, 0.2) is 5.58 Å². The van der Waals surface area contributed by atoms with Crippen molar-refractivity contribution in [3.05, 3.63) is 28.7 Å². The minimum absolute atomic E-state index is 0.0472. The lowest BCUT2D eigenvalue weighted by Crippen LogP contribution is -2.16. The van der Waals surface area contributed by atoms with Crippen molar-refractivity contribution in [1.82, 2.24) is 4.57 Å². The maximum atomic E-state index is 11.8. The Hall–Kier alpha value is -1.47. The van der Waals surface area contributed by atoms with Crippen LogP contribution in [0.2, 0.25) is 0 Å². The Morgan fingerprint density at radius 2 is 2.15 bits per heavy atom. The first-order chi connectivity index (χ1) is 9.46. The van der Waals surface area contributed by atoms with Crippen molar-refractivity contribution in [1.29, 1.82) is 0 Å². The van der Waals surface area contributed by atoms with Crippen LogP contribution in [0.25, 0.3) is 11.1 Å². The van der Waals surface area contributed by atoms with E-state index in [2.05, 4.69) is 4.72 Å². The minimum Gasteiger partial charge on any atom is -0.408 e. The van der Waals surface area contributed by atoms with Gasteiger partial charge in [0, 0.05) is 18.5 Å². The fourth-order valence-electron chi connectivity index (χ4n) is 1.90. The minimum atomic E-state index is -3.44. The van der Waals surface area contributed by atoms with Crippen LogP contribution in [-0.2, 0) is 16.6 Å². The van der Waals surface area contributed by atoms with E-state index in [1.54, 1.807) is 12.1 Å². The number of sulfonamides is 1. The Balaban J connectivity index is 2.31. The molecule has 1 N–H and O–H groups in total. The maximum Gasteiger partial charge on any atom is 0.419 e. The van der Waals surface area contributed by atoms with Gasteiger partial charge < -0.3 is 4.42 Å². The number of aryl methyl sites for hydroxylation is 1. The van der Waals surface area contributed by atoms with Crippen LogP contribution in [0.4, 0.5) is 5.69 Å². The quantitative estimate of drug-likeness (QED) is 0.826. The van der Waals surface area contributed by atoms with Gasteiger partial charge >= 0.3 is 5.76 Å². The zero-order valence-electron chi connectivity index (χ0n) is 10.9. The lowest BCUT2D eigenvalue weighted by molar-refractivity contribution is 0.513. The standard InChI is InChI=1S/C12H15ClN2O4S/c1-2-15-10-5-4-9(8-11(10)19-12(15)16)14-20(17,18)7-3-6-13/h4-5,8,14H,2-3,6-7H2,1H3. The van der Waals surface area contributed by atoms with Crippen LogP contribution in [0.3, 0.4) is 0 Å². The van der Waals surface area contributed by atoms with Gasteiger partial charge in [0.25, 0.3) is 0 Å². The van der Waals surface area contributed by atoms with Gasteiger partial charge in [-0.15, -0.1) is 11.6 Å². The average molecular weight is 319 g/mol. The number of anilines is 1. The highest BCUT2D eigenvalue weighted by Crippen LogP contribution is 2.19. The number of hydrogen-bond acceptors (Lipinski definition) is 4. The highest BCUT2D eigenvalue weighted by Gasteiger charge is 2.12. The van der Waals surface area contributed by atoms with E-state index in [0.717, 1.165) is 0 Å². The van der Waals surface area contributed by atoms with E-state index in [1.165, 1.54) is 10.6 Å². The van der Waals surface area contributed by atoms with E-state index in [-0.39, 0.29) is 11.6 Å². The summed E-state index contributed by atoms with van der Waals surface area (Å²) in [5, 5.41) is 0. The summed E-state index contributed by atoms with van der Waals surface area (Å²) in [5.41, 5.74) is 1.36. The second kappa shape index (κ2) is 5.88. The van der Waals surface area contributed by atoms with Crippen molar-refractivity contribution in [2.45, 2.75) is 19.9 Å². The van der Waals surface area contributed by atoms with Crippen molar-refractivity contribution in [2.24, 2.45) is 0 Å². The first-order valence-corrected chi connectivity index (χ1v) is 8.35. The molecule has 8 heteroatoms. The third-order valence-corrected chi connectivity index (χ3v) is 4.44. The van der Waals surface area contributed by atoms with E-state index in [0.29, 0.717) is 29.8 Å². The smallest absolute Gasteiger partial charge is 0.408 e. The van der Waals surface area contributed by atoms with Gasteiger partial charge in [0.05, 0.1) is 17.0 Å². The summed E-state index contributed by atoms with van der Waals surface area (Å²) in [6.45, 7) is 2.33. The zero-order chi connectivity index (χ0) is 14.8. The Bertz CT molecular complexity index is 763. The Kier molecular flexibility index (Phi) is 4.39.